The van der Waals surface area contributed by atoms with Gasteiger partial charge >= 0.3 is 5.97 Å². The van der Waals surface area contributed by atoms with Crippen LogP contribution in [-0.4, -0.2) is 36.0 Å². The normalized spacial score (nSPS) is 11.1. The van der Waals surface area contributed by atoms with Crippen LogP contribution in [0.3, 0.4) is 0 Å². The van der Waals surface area contributed by atoms with Gasteiger partial charge in [0, 0.05) is 12.1 Å². The Bertz CT molecular complexity index is 890. The molecule has 2 aromatic carbocycles. The van der Waals surface area contributed by atoms with E-state index in [1.54, 1.807) is 36.4 Å². The van der Waals surface area contributed by atoms with Crippen LogP contribution in [0.25, 0.3) is 6.08 Å². The number of carboxylic acid groups (broad SMARTS) is 1. The van der Waals surface area contributed by atoms with E-state index in [9.17, 15) is 14.4 Å². The number of amides is 2. The first-order valence-electron chi connectivity index (χ1n) is 9.66. The fourth-order valence-corrected chi connectivity index (χ4v) is 2.41. The molecule has 0 saturated carbocycles. The number of hydrogen-bond donors (Lipinski definition) is 3. The number of carboxylic acids is 1. The summed E-state index contributed by atoms with van der Waals surface area (Å²) in [6.07, 6.45) is 1.32. The Balaban J connectivity index is 2.12. The summed E-state index contributed by atoms with van der Waals surface area (Å²) in [6.45, 7) is 4.62. The molecule has 0 unspecified atom stereocenters. The Morgan fingerprint density at radius 3 is 2.30 bits per heavy atom. The molecule has 0 aliphatic heterocycles. The third-order valence-corrected chi connectivity index (χ3v) is 3.93. The highest BCUT2D eigenvalue weighted by Crippen LogP contribution is 2.14. The van der Waals surface area contributed by atoms with E-state index in [-0.39, 0.29) is 18.7 Å². The van der Waals surface area contributed by atoms with E-state index in [0.717, 1.165) is 5.56 Å². The van der Waals surface area contributed by atoms with Crippen molar-refractivity contribution < 1.29 is 24.2 Å². The summed E-state index contributed by atoms with van der Waals surface area (Å²) in [6, 6.07) is 15.7. The Morgan fingerprint density at radius 1 is 1.03 bits per heavy atom. The monoisotopic (exact) mass is 410 g/mol. The average molecular weight is 410 g/mol. The van der Waals surface area contributed by atoms with Gasteiger partial charge in [-0.25, -0.2) is 0 Å². The summed E-state index contributed by atoms with van der Waals surface area (Å²) in [5.74, 6) is -0.996. The predicted octanol–water partition coefficient (Wildman–Crippen LogP) is 3.08. The smallest absolute Gasteiger partial charge is 0.305 e. The van der Waals surface area contributed by atoms with Crippen LogP contribution >= 0.6 is 0 Å². The van der Waals surface area contributed by atoms with Crippen molar-refractivity contribution in [3.63, 3.8) is 0 Å². The second-order valence-corrected chi connectivity index (χ2v) is 7.05. The van der Waals surface area contributed by atoms with E-state index in [4.69, 9.17) is 9.84 Å². The van der Waals surface area contributed by atoms with Crippen molar-refractivity contribution in [1.29, 1.82) is 0 Å². The number of rotatable bonds is 10. The zero-order valence-electron chi connectivity index (χ0n) is 17.1. The molecule has 2 aromatic rings. The van der Waals surface area contributed by atoms with E-state index in [2.05, 4.69) is 10.6 Å². The maximum Gasteiger partial charge on any atom is 0.305 e. The average Bonchev–Trinajstić information content (AvgIpc) is 2.72. The van der Waals surface area contributed by atoms with Gasteiger partial charge in [0.1, 0.15) is 11.4 Å². The maximum absolute atomic E-state index is 12.6. The van der Waals surface area contributed by atoms with Crippen LogP contribution in [0, 0.1) is 5.92 Å². The number of carbonyl (C=O) groups is 3. The third kappa shape index (κ3) is 7.79. The molecule has 7 nitrogen and oxygen atoms in total. The van der Waals surface area contributed by atoms with Crippen LogP contribution in [0.1, 0.15) is 36.2 Å². The number of benzene rings is 2. The predicted molar refractivity (Wildman–Crippen MR) is 114 cm³/mol. The minimum Gasteiger partial charge on any atom is -0.493 e. The fraction of sp³-hybridized carbons (Fsp3) is 0.261. The van der Waals surface area contributed by atoms with E-state index in [1.807, 2.05) is 32.0 Å². The maximum atomic E-state index is 12.6. The zero-order chi connectivity index (χ0) is 21.9. The zero-order valence-corrected chi connectivity index (χ0v) is 17.1. The molecule has 30 heavy (non-hydrogen) atoms. The van der Waals surface area contributed by atoms with Crippen molar-refractivity contribution >= 4 is 23.9 Å². The molecule has 0 radical (unpaired) electrons. The molecule has 158 valence electrons. The van der Waals surface area contributed by atoms with Crippen molar-refractivity contribution in [2.24, 2.45) is 5.92 Å². The number of ether oxygens (including phenoxy) is 1. The molecule has 3 N–H and O–H groups in total. The van der Waals surface area contributed by atoms with E-state index >= 15 is 0 Å². The molecule has 2 rings (SSSR count). The number of hydrogen-bond acceptors (Lipinski definition) is 4. The van der Waals surface area contributed by atoms with Crippen molar-refractivity contribution in [3.05, 3.63) is 71.4 Å². The molecule has 0 aromatic heterocycles. The van der Waals surface area contributed by atoms with Crippen molar-refractivity contribution in [2.75, 3.05) is 13.2 Å². The lowest BCUT2D eigenvalue weighted by molar-refractivity contribution is -0.136. The molecule has 0 fully saturated rings. The Hall–Kier alpha value is -3.61. The van der Waals surface area contributed by atoms with Gasteiger partial charge in [-0.2, -0.15) is 0 Å². The van der Waals surface area contributed by atoms with Gasteiger partial charge < -0.3 is 20.5 Å². The van der Waals surface area contributed by atoms with Crippen LogP contribution in [0.5, 0.6) is 5.75 Å². The Labute approximate surface area is 175 Å². The van der Waals surface area contributed by atoms with Crippen LogP contribution in [-0.2, 0) is 9.59 Å². The quantitative estimate of drug-likeness (QED) is 0.522. The van der Waals surface area contributed by atoms with Crippen LogP contribution in [0.15, 0.2) is 60.3 Å². The lowest BCUT2D eigenvalue weighted by Crippen LogP contribution is -2.35. The molecule has 0 bridgehead atoms. The largest absolute Gasteiger partial charge is 0.493 e. The van der Waals surface area contributed by atoms with Gasteiger partial charge in [0.05, 0.1) is 13.0 Å². The molecular formula is C23H26N2O5. The standard InChI is InChI=1S/C23H26N2O5/c1-16(2)15-30-19-10-8-18(9-11-19)22(28)25-20(14-17-6-4-3-5-7-17)23(29)24-13-12-21(26)27/h3-11,14,16H,12-13,15H2,1-2H3,(H,24,29)(H,25,28)(H,26,27). The second-order valence-electron chi connectivity index (χ2n) is 7.05. The molecule has 0 heterocycles. The van der Waals surface area contributed by atoms with Gasteiger partial charge in [-0.05, 0) is 41.8 Å². The fourth-order valence-electron chi connectivity index (χ4n) is 2.41. The van der Waals surface area contributed by atoms with Gasteiger partial charge in [-0.1, -0.05) is 44.2 Å². The number of aliphatic carboxylic acids is 1. The SMILES string of the molecule is CC(C)COc1ccc(C(=O)NC(=Cc2ccccc2)C(=O)NCCC(=O)O)cc1. The molecule has 0 aliphatic rings. The molecule has 0 saturated heterocycles. The first kappa shape index (κ1) is 22.7. The van der Waals surface area contributed by atoms with E-state index in [0.29, 0.717) is 23.8 Å². The summed E-state index contributed by atoms with van der Waals surface area (Å²) >= 11 is 0. The summed E-state index contributed by atoms with van der Waals surface area (Å²) in [4.78, 5) is 35.8. The summed E-state index contributed by atoms with van der Waals surface area (Å²) in [5, 5.41) is 13.9. The minimum absolute atomic E-state index is 0.0247. The molecule has 0 atom stereocenters. The Kier molecular flexibility index (Phi) is 8.62. The van der Waals surface area contributed by atoms with E-state index < -0.39 is 17.8 Å². The van der Waals surface area contributed by atoms with Gasteiger partial charge in [0.2, 0.25) is 0 Å². The number of nitrogens with one attached hydrogen (secondary N) is 2. The minimum atomic E-state index is -1.02. The summed E-state index contributed by atoms with van der Waals surface area (Å²) in [5.41, 5.74) is 1.11. The van der Waals surface area contributed by atoms with Crippen molar-refractivity contribution in [3.8, 4) is 5.75 Å². The molecule has 0 spiro atoms. The molecular weight excluding hydrogens is 384 g/mol. The van der Waals surface area contributed by atoms with Gasteiger partial charge in [0.15, 0.2) is 0 Å². The van der Waals surface area contributed by atoms with Gasteiger partial charge in [0.25, 0.3) is 11.8 Å². The van der Waals surface area contributed by atoms with Crippen LogP contribution in [0.4, 0.5) is 0 Å². The van der Waals surface area contributed by atoms with E-state index in [1.165, 1.54) is 6.08 Å². The van der Waals surface area contributed by atoms with Crippen molar-refractivity contribution in [1.82, 2.24) is 10.6 Å². The van der Waals surface area contributed by atoms with Crippen LogP contribution in [0.2, 0.25) is 0 Å². The third-order valence-electron chi connectivity index (χ3n) is 3.93. The first-order valence-corrected chi connectivity index (χ1v) is 9.66. The van der Waals surface area contributed by atoms with Gasteiger partial charge in [-0.3, -0.25) is 14.4 Å². The highest BCUT2D eigenvalue weighted by atomic mass is 16.5. The lowest BCUT2D eigenvalue weighted by Gasteiger charge is -2.12. The lowest BCUT2D eigenvalue weighted by atomic mass is 10.1. The Morgan fingerprint density at radius 2 is 1.70 bits per heavy atom. The summed E-state index contributed by atoms with van der Waals surface area (Å²) in [7, 11) is 0. The highest BCUT2D eigenvalue weighted by molar-refractivity contribution is 6.05. The first-order chi connectivity index (χ1) is 14.3. The van der Waals surface area contributed by atoms with Crippen LogP contribution < -0.4 is 15.4 Å². The van der Waals surface area contributed by atoms with Gasteiger partial charge in [-0.15, -0.1) is 0 Å². The van der Waals surface area contributed by atoms with Crippen molar-refractivity contribution in [2.45, 2.75) is 20.3 Å². The molecule has 7 heteroatoms. The second kappa shape index (κ2) is 11.4. The molecule has 2 amide bonds. The number of carbonyl (C=O) groups excluding carboxylic acids is 2. The topological polar surface area (TPSA) is 105 Å². The summed E-state index contributed by atoms with van der Waals surface area (Å²) < 4.78 is 5.61. The molecule has 0 aliphatic carbocycles. The highest BCUT2D eigenvalue weighted by Gasteiger charge is 2.15.